The van der Waals surface area contributed by atoms with Gasteiger partial charge in [-0.2, -0.15) is 0 Å². The fraction of sp³-hybridized carbons (Fsp3) is 0.412. The first-order chi connectivity index (χ1) is 11.2. The Morgan fingerprint density at radius 1 is 1.25 bits per heavy atom. The molecule has 1 aromatic heterocycles. The summed E-state index contributed by atoms with van der Waals surface area (Å²) in [5.41, 5.74) is 0.547. The number of imidazole rings is 1. The van der Waals surface area contributed by atoms with E-state index in [1.165, 1.54) is 0 Å². The largest absolute Gasteiger partial charge is 0.494 e. The lowest BCUT2D eigenvalue weighted by Gasteiger charge is -2.07. The van der Waals surface area contributed by atoms with Crippen LogP contribution < -0.4 is 4.74 Å². The van der Waals surface area contributed by atoms with E-state index in [4.69, 9.17) is 9.47 Å². The summed E-state index contributed by atoms with van der Waals surface area (Å²) < 4.78 is 12.6. The Bertz CT molecular complexity index is 617. The maximum atomic E-state index is 11.5. The Hall–Kier alpha value is -1.47. The lowest BCUT2D eigenvalue weighted by molar-refractivity contribution is 0.0526. The molecule has 0 saturated heterocycles. The number of nitrogens with zero attached hydrogens (tertiary/aromatic N) is 2. The second-order valence-corrected chi connectivity index (χ2v) is 6.03. The number of esters is 1. The number of hydrogen-bond donors (Lipinski definition) is 0. The molecule has 7 heteroatoms. The topological polar surface area (TPSA) is 53.4 Å². The molecule has 2 rings (SSSR count). The van der Waals surface area contributed by atoms with Gasteiger partial charge in [-0.1, -0.05) is 11.8 Å². The van der Waals surface area contributed by atoms with E-state index >= 15 is 0 Å². The third kappa shape index (κ3) is 6.57. The number of aromatic nitrogens is 2. The Morgan fingerprint density at radius 3 is 2.62 bits per heavy atom. The summed E-state index contributed by atoms with van der Waals surface area (Å²) in [5.74, 6) is 1.50. The van der Waals surface area contributed by atoms with Crippen molar-refractivity contribution in [1.29, 1.82) is 0 Å². The summed E-state index contributed by atoms with van der Waals surface area (Å²) in [6.45, 7) is 2.84. The van der Waals surface area contributed by atoms with Gasteiger partial charge in [0.1, 0.15) is 5.75 Å². The van der Waals surface area contributed by atoms with Crippen LogP contribution in [0.25, 0.3) is 0 Å². The molecule has 1 heterocycles. The standard InChI is InChI=1S/C17H22N2O3S.BrH/c1-3-21-16(20)14-6-8-15(9-7-14)22-12-4-5-13-23-17-18-10-11-19(17)2;/h6-11H,3-5,12-13H2,1-2H3;1H. The molecule has 0 fully saturated rings. The van der Waals surface area contributed by atoms with Gasteiger partial charge in [-0.3, -0.25) is 0 Å². The van der Waals surface area contributed by atoms with E-state index in [1.807, 2.05) is 24.0 Å². The molecule has 0 spiro atoms. The smallest absolute Gasteiger partial charge is 0.338 e. The zero-order valence-electron chi connectivity index (χ0n) is 13.9. The summed E-state index contributed by atoms with van der Waals surface area (Å²) in [6.07, 6.45) is 5.81. The molecule has 0 atom stereocenters. The van der Waals surface area contributed by atoms with Crippen molar-refractivity contribution in [2.75, 3.05) is 19.0 Å². The predicted molar refractivity (Wildman–Crippen MR) is 101 cm³/mol. The molecule has 1 aromatic carbocycles. The van der Waals surface area contributed by atoms with Crippen molar-refractivity contribution in [2.45, 2.75) is 24.9 Å². The van der Waals surface area contributed by atoms with Gasteiger partial charge in [0.15, 0.2) is 5.16 Å². The van der Waals surface area contributed by atoms with Crippen molar-refractivity contribution in [3.63, 3.8) is 0 Å². The first-order valence-corrected chi connectivity index (χ1v) is 8.69. The molecule has 5 nitrogen and oxygen atoms in total. The van der Waals surface area contributed by atoms with E-state index < -0.39 is 0 Å². The third-order valence-electron chi connectivity index (χ3n) is 3.18. The minimum absolute atomic E-state index is 0. The van der Waals surface area contributed by atoms with Crippen LogP contribution in [0.5, 0.6) is 5.75 Å². The molecule has 0 unspecified atom stereocenters. The Balaban J connectivity index is 0.00000288. The average Bonchev–Trinajstić information content (AvgIpc) is 2.97. The quantitative estimate of drug-likeness (QED) is 0.350. The molecule has 0 radical (unpaired) electrons. The Kier molecular flexibility index (Phi) is 9.56. The maximum Gasteiger partial charge on any atom is 0.338 e. The van der Waals surface area contributed by atoms with Crippen LogP contribution >= 0.6 is 28.7 Å². The van der Waals surface area contributed by atoms with Crippen LogP contribution in [0.4, 0.5) is 0 Å². The Labute approximate surface area is 157 Å². The lowest BCUT2D eigenvalue weighted by Crippen LogP contribution is -2.04. The van der Waals surface area contributed by atoms with Crippen LogP contribution in [-0.2, 0) is 11.8 Å². The van der Waals surface area contributed by atoms with Crippen LogP contribution in [0.1, 0.15) is 30.1 Å². The summed E-state index contributed by atoms with van der Waals surface area (Å²) in [6, 6.07) is 7.05. The van der Waals surface area contributed by atoms with Gasteiger partial charge < -0.3 is 14.0 Å². The van der Waals surface area contributed by atoms with Crippen LogP contribution in [0, 0.1) is 0 Å². The zero-order chi connectivity index (χ0) is 16.5. The molecular formula is C17H23BrN2O3S. The van der Waals surface area contributed by atoms with Crippen molar-refractivity contribution >= 4 is 34.7 Å². The predicted octanol–water partition coefficient (Wildman–Crippen LogP) is 4.13. The number of halogens is 1. The Morgan fingerprint density at radius 2 is 2.00 bits per heavy atom. The van der Waals surface area contributed by atoms with Gasteiger partial charge >= 0.3 is 5.97 Å². The molecule has 0 aliphatic rings. The first-order valence-electron chi connectivity index (χ1n) is 7.71. The minimum Gasteiger partial charge on any atom is -0.494 e. The van der Waals surface area contributed by atoms with Crippen LogP contribution in [0.2, 0.25) is 0 Å². The molecule has 0 amide bonds. The summed E-state index contributed by atoms with van der Waals surface area (Å²) >= 11 is 1.75. The second kappa shape index (κ2) is 11.1. The SMILES string of the molecule is Br.CCOC(=O)c1ccc(OCCCCSc2nccn2C)cc1. The van der Waals surface area contributed by atoms with E-state index in [1.54, 1.807) is 43.0 Å². The maximum absolute atomic E-state index is 11.5. The fourth-order valence-corrected chi connectivity index (χ4v) is 2.88. The molecule has 0 saturated carbocycles. The molecule has 24 heavy (non-hydrogen) atoms. The first kappa shape index (κ1) is 20.6. The monoisotopic (exact) mass is 414 g/mol. The number of unbranched alkanes of at least 4 members (excludes halogenated alkanes) is 1. The van der Waals surface area contributed by atoms with Crippen LogP contribution in [0.15, 0.2) is 41.8 Å². The molecular weight excluding hydrogens is 392 g/mol. The number of rotatable bonds is 9. The summed E-state index contributed by atoms with van der Waals surface area (Å²) in [4.78, 5) is 15.8. The van der Waals surface area contributed by atoms with Gasteiger partial charge in [0.25, 0.3) is 0 Å². The zero-order valence-corrected chi connectivity index (χ0v) is 16.5. The molecule has 132 valence electrons. The number of benzene rings is 1. The second-order valence-electron chi connectivity index (χ2n) is 4.97. The normalized spacial score (nSPS) is 10.1. The number of thioether (sulfide) groups is 1. The summed E-state index contributed by atoms with van der Waals surface area (Å²) in [7, 11) is 2.00. The molecule has 0 aliphatic carbocycles. The van der Waals surface area contributed by atoms with E-state index in [2.05, 4.69) is 4.98 Å². The number of carbonyl (C=O) groups excluding carboxylic acids is 1. The van der Waals surface area contributed by atoms with Crippen molar-refractivity contribution < 1.29 is 14.3 Å². The number of hydrogen-bond acceptors (Lipinski definition) is 5. The van der Waals surface area contributed by atoms with Crippen LogP contribution in [0.3, 0.4) is 0 Å². The van der Waals surface area contributed by atoms with E-state index in [0.717, 1.165) is 29.5 Å². The van der Waals surface area contributed by atoms with Gasteiger partial charge in [0.2, 0.25) is 0 Å². The van der Waals surface area contributed by atoms with E-state index in [9.17, 15) is 4.79 Å². The average molecular weight is 415 g/mol. The highest BCUT2D eigenvalue weighted by atomic mass is 79.9. The number of aryl methyl sites for hydroxylation is 1. The summed E-state index contributed by atoms with van der Waals surface area (Å²) in [5, 5.41) is 1.04. The fourth-order valence-electron chi connectivity index (χ4n) is 1.95. The third-order valence-corrected chi connectivity index (χ3v) is 4.33. The lowest BCUT2D eigenvalue weighted by atomic mass is 10.2. The van der Waals surface area contributed by atoms with Crippen molar-refractivity contribution in [3.05, 3.63) is 42.2 Å². The van der Waals surface area contributed by atoms with Gasteiger partial charge in [-0.05, 0) is 44.0 Å². The molecule has 0 N–H and O–H groups in total. The number of ether oxygens (including phenoxy) is 2. The highest BCUT2D eigenvalue weighted by molar-refractivity contribution is 8.93. The van der Waals surface area contributed by atoms with Gasteiger partial charge in [-0.15, -0.1) is 17.0 Å². The minimum atomic E-state index is -0.301. The highest BCUT2D eigenvalue weighted by Crippen LogP contribution is 2.17. The van der Waals surface area contributed by atoms with E-state index in [-0.39, 0.29) is 23.0 Å². The van der Waals surface area contributed by atoms with Gasteiger partial charge in [0.05, 0.1) is 18.8 Å². The van der Waals surface area contributed by atoms with E-state index in [0.29, 0.717) is 18.8 Å². The van der Waals surface area contributed by atoms with Crippen molar-refractivity contribution in [2.24, 2.45) is 7.05 Å². The van der Waals surface area contributed by atoms with Crippen LogP contribution in [-0.4, -0.2) is 34.5 Å². The van der Waals surface area contributed by atoms with Gasteiger partial charge in [0, 0.05) is 25.2 Å². The van der Waals surface area contributed by atoms with Crippen molar-refractivity contribution in [1.82, 2.24) is 9.55 Å². The highest BCUT2D eigenvalue weighted by Gasteiger charge is 2.05. The molecule has 0 aliphatic heterocycles. The van der Waals surface area contributed by atoms with Gasteiger partial charge in [-0.25, -0.2) is 9.78 Å². The molecule has 2 aromatic rings. The van der Waals surface area contributed by atoms with Crippen molar-refractivity contribution in [3.8, 4) is 5.75 Å². The molecule has 0 bridgehead atoms. The number of carbonyl (C=O) groups is 1.